The number of nitrogens with zero attached hydrogens (tertiary/aromatic N) is 1. The van der Waals surface area contributed by atoms with Crippen LogP contribution in [0.1, 0.15) is 71.4 Å². The number of hydrogen-bond donors (Lipinski definition) is 0. The van der Waals surface area contributed by atoms with Gasteiger partial charge in [0.25, 0.3) is 0 Å². The molecule has 0 unspecified atom stereocenters. The van der Waals surface area contributed by atoms with Crippen LogP contribution in [0.15, 0.2) is 237 Å². The summed E-state index contributed by atoms with van der Waals surface area (Å²) in [5.74, 6) is 0.697. The number of rotatable bonds is 9. The van der Waals surface area contributed by atoms with Crippen LogP contribution in [0.3, 0.4) is 0 Å². The number of aryl methyl sites for hydroxylation is 1. The summed E-state index contributed by atoms with van der Waals surface area (Å²) >= 11 is 0. The van der Waals surface area contributed by atoms with Gasteiger partial charge in [-0.15, -0.1) is 0 Å². The third-order valence-corrected chi connectivity index (χ3v) is 14.9. The van der Waals surface area contributed by atoms with Gasteiger partial charge in [0.05, 0.1) is 5.41 Å². The molecule has 322 valence electrons. The van der Waals surface area contributed by atoms with Crippen molar-refractivity contribution < 1.29 is 0 Å². The Labute approximate surface area is 395 Å². The largest absolute Gasteiger partial charge is 0.310 e. The lowest BCUT2D eigenvalue weighted by molar-refractivity contribution is 0.443. The number of hydrogen-bond acceptors (Lipinski definition) is 1. The molecule has 0 bridgehead atoms. The summed E-state index contributed by atoms with van der Waals surface area (Å²) in [6.45, 7) is 2.26. The standard InChI is InChI=1S/C66H53N/c1-46-17-16-28-63-65(46)60-42-41-59(45-64(60)66(63,55-24-10-4-11-25-55)56-26-12-5-13-27-56)67(57-37-33-50(34-38-57)49-31-29-48(30-32-49)47-18-6-2-7-19-47)58-39-35-52(36-40-58)62-44-54-23-15-14-22-53(54)43-61(62)51-20-8-3-9-21-51/h3-5,8-17,20-45,47H,2,6-7,18-19H2,1H3. The average Bonchev–Trinajstić information content (AvgIpc) is 3.71. The maximum absolute atomic E-state index is 2.48. The first kappa shape index (κ1) is 40.7. The molecule has 1 fully saturated rings. The maximum Gasteiger partial charge on any atom is 0.0714 e. The highest BCUT2D eigenvalue weighted by atomic mass is 15.1. The Hall–Kier alpha value is -7.74. The fraction of sp³-hybridized carbons (Fsp3) is 0.121. The van der Waals surface area contributed by atoms with Gasteiger partial charge in [0.1, 0.15) is 0 Å². The van der Waals surface area contributed by atoms with Crippen LogP contribution in [0.25, 0.3) is 55.3 Å². The van der Waals surface area contributed by atoms with E-state index in [1.54, 1.807) is 0 Å². The van der Waals surface area contributed by atoms with Crippen molar-refractivity contribution in [3.8, 4) is 44.5 Å². The van der Waals surface area contributed by atoms with Crippen LogP contribution in [0.4, 0.5) is 17.1 Å². The molecule has 10 aromatic rings. The van der Waals surface area contributed by atoms with Gasteiger partial charge in [0.2, 0.25) is 0 Å². The molecular weight excluding hydrogens is 807 g/mol. The quantitative estimate of drug-likeness (QED) is 0.140. The Balaban J connectivity index is 1.02. The summed E-state index contributed by atoms with van der Waals surface area (Å²) in [6.07, 6.45) is 6.70. The Kier molecular flexibility index (Phi) is 10.5. The summed E-state index contributed by atoms with van der Waals surface area (Å²) < 4.78 is 0. The van der Waals surface area contributed by atoms with Crippen LogP contribution in [-0.2, 0) is 5.41 Å². The van der Waals surface area contributed by atoms with Gasteiger partial charge in [0, 0.05) is 17.1 Å². The first-order valence-corrected chi connectivity index (χ1v) is 24.2. The molecule has 2 aliphatic carbocycles. The zero-order chi connectivity index (χ0) is 44.7. The highest BCUT2D eigenvalue weighted by Gasteiger charge is 2.47. The molecule has 0 saturated heterocycles. The molecule has 1 saturated carbocycles. The van der Waals surface area contributed by atoms with Gasteiger partial charge in [-0.05, 0) is 163 Å². The van der Waals surface area contributed by atoms with Gasteiger partial charge in [-0.3, -0.25) is 0 Å². The first-order valence-electron chi connectivity index (χ1n) is 24.2. The zero-order valence-electron chi connectivity index (χ0n) is 38.1. The van der Waals surface area contributed by atoms with E-state index in [0.717, 1.165) is 17.1 Å². The lowest BCUT2D eigenvalue weighted by Gasteiger charge is -2.35. The van der Waals surface area contributed by atoms with Crippen molar-refractivity contribution in [2.75, 3.05) is 4.90 Å². The highest BCUT2D eigenvalue weighted by molar-refractivity contribution is 5.97. The van der Waals surface area contributed by atoms with Crippen molar-refractivity contribution in [1.82, 2.24) is 0 Å². The third kappa shape index (κ3) is 7.18. The molecular formula is C66H53N. The molecule has 0 radical (unpaired) electrons. The zero-order valence-corrected chi connectivity index (χ0v) is 38.1. The normalized spacial score (nSPS) is 14.1. The Morgan fingerprint density at radius 2 is 0.866 bits per heavy atom. The van der Waals surface area contributed by atoms with Gasteiger partial charge in [-0.1, -0.05) is 207 Å². The van der Waals surface area contributed by atoms with Crippen LogP contribution in [0.5, 0.6) is 0 Å². The van der Waals surface area contributed by atoms with Gasteiger partial charge < -0.3 is 4.90 Å². The molecule has 67 heavy (non-hydrogen) atoms. The smallest absolute Gasteiger partial charge is 0.0714 e. The van der Waals surface area contributed by atoms with Gasteiger partial charge >= 0.3 is 0 Å². The summed E-state index contributed by atoms with van der Waals surface area (Å²) in [6, 6.07) is 88.4. The second-order valence-corrected chi connectivity index (χ2v) is 18.7. The third-order valence-electron chi connectivity index (χ3n) is 14.9. The van der Waals surface area contributed by atoms with Crippen molar-refractivity contribution in [3.05, 3.63) is 270 Å². The van der Waals surface area contributed by atoms with Crippen molar-refractivity contribution in [2.45, 2.75) is 50.4 Å². The van der Waals surface area contributed by atoms with E-state index in [2.05, 4.69) is 248 Å². The predicted octanol–water partition coefficient (Wildman–Crippen LogP) is 18.0. The minimum atomic E-state index is -0.512. The van der Waals surface area contributed by atoms with Crippen molar-refractivity contribution in [2.24, 2.45) is 0 Å². The average molecular weight is 860 g/mol. The molecule has 1 heteroatoms. The monoisotopic (exact) mass is 859 g/mol. The molecule has 0 N–H and O–H groups in total. The minimum absolute atomic E-state index is 0.512. The summed E-state index contributed by atoms with van der Waals surface area (Å²) in [4.78, 5) is 2.45. The maximum atomic E-state index is 2.48. The molecule has 0 spiro atoms. The molecule has 0 aliphatic heterocycles. The van der Waals surface area contributed by atoms with E-state index >= 15 is 0 Å². The molecule has 0 amide bonds. The molecule has 0 aromatic heterocycles. The second kappa shape index (κ2) is 17.2. The van der Waals surface area contributed by atoms with Crippen LogP contribution in [0, 0.1) is 6.92 Å². The predicted molar refractivity (Wildman–Crippen MR) is 283 cm³/mol. The lowest BCUT2D eigenvalue weighted by atomic mass is 9.67. The summed E-state index contributed by atoms with van der Waals surface area (Å²) in [5.41, 5.74) is 20.7. The topological polar surface area (TPSA) is 3.24 Å². The second-order valence-electron chi connectivity index (χ2n) is 18.7. The first-order chi connectivity index (χ1) is 33.1. The van der Waals surface area contributed by atoms with Crippen molar-refractivity contribution in [3.63, 3.8) is 0 Å². The van der Waals surface area contributed by atoms with Gasteiger partial charge in [0.15, 0.2) is 0 Å². The molecule has 2 aliphatic rings. The van der Waals surface area contributed by atoms with Crippen LogP contribution in [-0.4, -0.2) is 0 Å². The van der Waals surface area contributed by atoms with E-state index in [4.69, 9.17) is 0 Å². The molecule has 0 heterocycles. The fourth-order valence-corrected chi connectivity index (χ4v) is 11.6. The van der Waals surface area contributed by atoms with E-state index in [-0.39, 0.29) is 0 Å². The lowest BCUT2D eigenvalue weighted by Crippen LogP contribution is -2.28. The fourth-order valence-electron chi connectivity index (χ4n) is 11.6. The SMILES string of the molecule is Cc1cccc2c1-c1ccc(N(c3ccc(-c4ccc(C5CCCCC5)cc4)cc3)c3ccc(-c4cc5ccccc5cc4-c4ccccc4)cc3)cc1C2(c1ccccc1)c1ccccc1. The van der Waals surface area contributed by atoms with Gasteiger partial charge in [-0.2, -0.15) is 0 Å². The molecule has 10 aromatic carbocycles. The molecule has 12 rings (SSSR count). The Morgan fingerprint density at radius 3 is 1.45 bits per heavy atom. The van der Waals surface area contributed by atoms with E-state index in [0.29, 0.717) is 5.92 Å². The van der Waals surface area contributed by atoms with Crippen LogP contribution in [0.2, 0.25) is 0 Å². The molecule has 0 atom stereocenters. The van der Waals surface area contributed by atoms with Crippen molar-refractivity contribution in [1.29, 1.82) is 0 Å². The number of benzene rings is 10. The highest BCUT2D eigenvalue weighted by Crippen LogP contribution is 2.58. The molecule has 1 nitrogen and oxygen atoms in total. The van der Waals surface area contributed by atoms with E-state index in [1.165, 1.54) is 121 Å². The Bertz CT molecular complexity index is 3310. The minimum Gasteiger partial charge on any atom is -0.310 e. The van der Waals surface area contributed by atoms with E-state index in [1.807, 2.05) is 0 Å². The van der Waals surface area contributed by atoms with Crippen LogP contribution < -0.4 is 4.90 Å². The van der Waals surface area contributed by atoms with Crippen LogP contribution >= 0.6 is 0 Å². The van der Waals surface area contributed by atoms with E-state index < -0.39 is 5.41 Å². The summed E-state index contributed by atoms with van der Waals surface area (Å²) in [5, 5.41) is 2.48. The van der Waals surface area contributed by atoms with E-state index in [9.17, 15) is 0 Å². The van der Waals surface area contributed by atoms with Crippen molar-refractivity contribution >= 4 is 27.8 Å². The van der Waals surface area contributed by atoms with Gasteiger partial charge in [-0.25, -0.2) is 0 Å². The summed E-state index contributed by atoms with van der Waals surface area (Å²) in [7, 11) is 0. The Morgan fingerprint density at radius 1 is 0.373 bits per heavy atom. The number of fused-ring (bicyclic) bond motifs is 4. The number of anilines is 3.